The van der Waals surface area contributed by atoms with Gasteiger partial charge in [-0.05, 0) is 77.9 Å². The molecule has 0 aliphatic rings. The summed E-state index contributed by atoms with van der Waals surface area (Å²) in [6.07, 6.45) is 0. The molecule has 0 saturated carbocycles. The highest BCUT2D eigenvalue weighted by atomic mass is 16.3. The van der Waals surface area contributed by atoms with E-state index in [9.17, 15) is 0 Å². The van der Waals surface area contributed by atoms with Crippen LogP contribution < -0.4 is 0 Å². The van der Waals surface area contributed by atoms with E-state index in [1.807, 2.05) is 12.1 Å². The van der Waals surface area contributed by atoms with Gasteiger partial charge in [0.1, 0.15) is 11.2 Å². The molecule has 45 heavy (non-hydrogen) atoms. The van der Waals surface area contributed by atoms with Gasteiger partial charge in [-0.15, -0.1) is 0 Å². The van der Waals surface area contributed by atoms with E-state index in [0.717, 1.165) is 27.6 Å². The number of benzene rings is 7. The van der Waals surface area contributed by atoms with E-state index in [1.165, 1.54) is 60.4 Å². The summed E-state index contributed by atoms with van der Waals surface area (Å²) in [5, 5.41) is 7.27. The molecule has 10 rings (SSSR count). The zero-order chi connectivity index (χ0) is 29.5. The standard InChI is InChI=1S/C42H26N2O/c1-2-10-29(11-3-1)43-38-16-8-5-13-32(38)35-24-27(19-22-39(35)43)28-18-21-33-31-12-4-7-15-37(31)44(40(33)25-28)30-20-23-42-36(26-30)34-14-6-9-17-41(34)45-42/h1-26H. The van der Waals surface area contributed by atoms with E-state index >= 15 is 0 Å². The van der Waals surface area contributed by atoms with Gasteiger partial charge in [-0.25, -0.2) is 0 Å². The van der Waals surface area contributed by atoms with Gasteiger partial charge in [0.2, 0.25) is 0 Å². The van der Waals surface area contributed by atoms with Crippen LogP contribution in [0.1, 0.15) is 0 Å². The average molecular weight is 575 g/mol. The molecule has 210 valence electrons. The maximum absolute atomic E-state index is 6.16. The van der Waals surface area contributed by atoms with Crippen LogP contribution in [0.15, 0.2) is 162 Å². The summed E-state index contributed by atoms with van der Waals surface area (Å²) in [6.45, 7) is 0. The number of para-hydroxylation sites is 4. The SMILES string of the molecule is c1ccc(-n2c3ccccc3c3cc(-c4ccc5c6ccccc6n(-c6ccc7oc8ccccc8c7c6)c5c4)ccc32)cc1. The third-order valence-corrected chi connectivity index (χ3v) is 9.31. The number of furan rings is 1. The molecule has 0 bridgehead atoms. The number of nitrogens with zero attached hydrogens (tertiary/aromatic N) is 2. The Morgan fingerprint density at radius 1 is 0.311 bits per heavy atom. The molecule has 0 saturated heterocycles. The van der Waals surface area contributed by atoms with Crippen molar-refractivity contribution in [1.82, 2.24) is 9.13 Å². The highest BCUT2D eigenvalue weighted by Crippen LogP contribution is 2.39. The molecule has 0 atom stereocenters. The molecule has 0 aliphatic heterocycles. The molecule has 0 N–H and O–H groups in total. The van der Waals surface area contributed by atoms with Crippen molar-refractivity contribution in [3.63, 3.8) is 0 Å². The van der Waals surface area contributed by atoms with Crippen LogP contribution in [0.5, 0.6) is 0 Å². The summed E-state index contributed by atoms with van der Waals surface area (Å²) in [5.41, 5.74) is 11.3. The molecule has 0 spiro atoms. The van der Waals surface area contributed by atoms with Crippen molar-refractivity contribution >= 4 is 65.6 Å². The van der Waals surface area contributed by atoms with Gasteiger partial charge in [0.15, 0.2) is 0 Å². The van der Waals surface area contributed by atoms with E-state index in [4.69, 9.17) is 4.42 Å². The summed E-state index contributed by atoms with van der Waals surface area (Å²) in [4.78, 5) is 0. The fraction of sp³-hybridized carbons (Fsp3) is 0. The fourth-order valence-electron chi connectivity index (χ4n) is 7.29. The minimum Gasteiger partial charge on any atom is -0.456 e. The molecule has 0 amide bonds. The first kappa shape index (κ1) is 24.4. The normalized spacial score (nSPS) is 12.0. The maximum Gasteiger partial charge on any atom is 0.135 e. The number of fused-ring (bicyclic) bond motifs is 9. The monoisotopic (exact) mass is 574 g/mol. The second-order valence-corrected chi connectivity index (χ2v) is 11.8. The third-order valence-electron chi connectivity index (χ3n) is 9.31. The Morgan fingerprint density at radius 2 is 0.889 bits per heavy atom. The second-order valence-electron chi connectivity index (χ2n) is 11.8. The van der Waals surface area contributed by atoms with Crippen molar-refractivity contribution < 1.29 is 4.42 Å². The first-order valence-corrected chi connectivity index (χ1v) is 15.4. The molecular weight excluding hydrogens is 548 g/mol. The van der Waals surface area contributed by atoms with Crippen molar-refractivity contribution in [2.75, 3.05) is 0 Å². The van der Waals surface area contributed by atoms with Gasteiger partial charge >= 0.3 is 0 Å². The highest BCUT2D eigenvalue weighted by Gasteiger charge is 2.17. The quantitative estimate of drug-likeness (QED) is 0.206. The molecular formula is C42H26N2O. The Kier molecular flexibility index (Phi) is 5.00. The second kappa shape index (κ2) is 9.22. The zero-order valence-electron chi connectivity index (χ0n) is 24.3. The van der Waals surface area contributed by atoms with Crippen LogP contribution in [0.3, 0.4) is 0 Å². The fourth-order valence-corrected chi connectivity index (χ4v) is 7.29. The van der Waals surface area contributed by atoms with Crippen LogP contribution in [0, 0.1) is 0 Å². The molecule has 3 heteroatoms. The Hall–Kier alpha value is -6.06. The summed E-state index contributed by atoms with van der Waals surface area (Å²) in [7, 11) is 0. The van der Waals surface area contributed by atoms with E-state index in [-0.39, 0.29) is 0 Å². The largest absolute Gasteiger partial charge is 0.456 e. The lowest BCUT2D eigenvalue weighted by molar-refractivity contribution is 0.669. The van der Waals surface area contributed by atoms with Gasteiger partial charge in [-0.3, -0.25) is 0 Å². The summed E-state index contributed by atoms with van der Waals surface area (Å²) in [5.74, 6) is 0. The van der Waals surface area contributed by atoms with Crippen LogP contribution in [-0.2, 0) is 0 Å². The van der Waals surface area contributed by atoms with E-state index in [1.54, 1.807) is 0 Å². The van der Waals surface area contributed by atoms with Gasteiger partial charge in [-0.1, -0.05) is 91.0 Å². The van der Waals surface area contributed by atoms with Gasteiger partial charge in [0.05, 0.1) is 22.1 Å². The number of aromatic nitrogens is 2. The zero-order valence-corrected chi connectivity index (χ0v) is 24.3. The predicted octanol–water partition coefficient (Wildman–Crippen LogP) is 11.4. The smallest absolute Gasteiger partial charge is 0.135 e. The van der Waals surface area contributed by atoms with Crippen molar-refractivity contribution in [3.8, 4) is 22.5 Å². The number of hydrogen-bond donors (Lipinski definition) is 0. The number of rotatable bonds is 3. The topological polar surface area (TPSA) is 23.0 Å². The predicted molar refractivity (Wildman–Crippen MR) is 188 cm³/mol. The molecule has 0 unspecified atom stereocenters. The van der Waals surface area contributed by atoms with Crippen LogP contribution in [0.2, 0.25) is 0 Å². The third kappa shape index (κ3) is 3.52. The van der Waals surface area contributed by atoms with Gasteiger partial charge in [-0.2, -0.15) is 0 Å². The van der Waals surface area contributed by atoms with Crippen molar-refractivity contribution in [3.05, 3.63) is 158 Å². The molecule has 3 heterocycles. The van der Waals surface area contributed by atoms with E-state index in [2.05, 4.69) is 155 Å². The maximum atomic E-state index is 6.16. The lowest BCUT2D eigenvalue weighted by atomic mass is 10.0. The highest BCUT2D eigenvalue weighted by molar-refractivity contribution is 6.13. The Labute approximate surface area is 258 Å². The molecule has 0 radical (unpaired) electrons. The molecule has 7 aromatic carbocycles. The molecule has 3 nitrogen and oxygen atoms in total. The molecule has 10 aromatic rings. The Morgan fingerprint density at radius 3 is 1.71 bits per heavy atom. The first-order chi connectivity index (χ1) is 22.3. The summed E-state index contributed by atoms with van der Waals surface area (Å²) in [6, 6.07) is 56.6. The average Bonchev–Trinajstić information content (AvgIpc) is 3.75. The van der Waals surface area contributed by atoms with E-state index in [0.29, 0.717) is 0 Å². The van der Waals surface area contributed by atoms with Crippen LogP contribution in [-0.4, -0.2) is 9.13 Å². The van der Waals surface area contributed by atoms with Gasteiger partial charge < -0.3 is 13.6 Å². The lowest BCUT2D eigenvalue weighted by Crippen LogP contribution is -1.94. The summed E-state index contributed by atoms with van der Waals surface area (Å²) >= 11 is 0. The van der Waals surface area contributed by atoms with E-state index < -0.39 is 0 Å². The minimum atomic E-state index is 0.907. The van der Waals surface area contributed by atoms with Crippen LogP contribution >= 0.6 is 0 Å². The minimum absolute atomic E-state index is 0.907. The van der Waals surface area contributed by atoms with Crippen molar-refractivity contribution in [1.29, 1.82) is 0 Å². The van der Waals surface area contributed by atoms with Crippen molar-refractivity contribution in [2.24, 2.45) is 0 Å². The van der Waals surface area contributed by atoms with Crippen LogP contribution in [0.4, 0.5) is 0 Å². The van der Waals surface area contributed by atoms with Crippen LogP contribution in [0.25, 0.3) is 88.1 Å². The van der Waals surface area contributed by atoms with Crippen molar-refractivity contribution in [2.45, 2.75) is 0 Å². The Balaban J connectivity index is 1.21. The molecule has 3 aromatic heterocycles. The Bertz CT molecular complexity index is 2760. The molecule has 0 aliphatic carbocycles. The van der Waals surface area contributed by atoms with Gasteiger partial charge in [0.25, 0.3) is 0 Å². The molecule has 0 fully saturated rings. The first-order valence-electron chi connectivity index (χ1n) is 15.4. The van der Waals surface area contributed by atoms with Gasteiger partial charge in [0, 0.05) is 43.7 Å². The lowest BCUT2D eigenvalue weighted by Gasteiger charge is -2.10. The number of hydrogen-bond acceptors (Lipinski definition) is 1. The summed E-state index contributed by atoms with van der Waals surface area (Å²) < 4.78 is 10.9.